The summed E-state index contributed by atoms with van der Waals surface area (Å²) >= 11 is 0. The number of methoxy groups -OCH3 is 1. The summed E-state index contributed by atoms with van der Waals surface area (Å²) in [4.78, 5) is 50.2. The molecule has 364 valence electrons. The molecule has 2 unspecified atom stereocenters. The summed E-state index contributed by atoms with van der Waals surface area (Å²) in [5.41, 5.74) is 8.35. The molecule has 0 radical (unpaired) electrons. The monoisotopic (exact) mass is 952 g/mol. The average Bonchev–Trinajstić information content (AvgIpc) is 4.29. The summed E-state index contributed by atoms with van der Waals surface area (Å²) in [7, 11) is 5.72. The Morgan fingerprint density at radius 1 is 0.817 bits per heavy atom. The zero-order chi connectivity index (χ0) is 47.7. The molecule has 5 atom stereocenters. The number of aryl methyl sites for hydroxylation is 2. The maximum Gasteiger partial charge on any atom is 0.253 e. The van der Waals surface area contributed by atoms with E-state index in [0.717, 1.165) is 114 Å². The Hall–Kier alpha value is -6.78. The van der Waals surface area contributed by atoms with Gasteiger partial charge in [0.15, 0.2) is 11.6 Å². The van der Waals surface area contributed by atoms with Gasteiger partial charge in [0.1, 0.15) is 22.6 Å². The normalized spacial score (nSPS) is 24.0. The Morgan fingerprint density at radius 3 is 2.38 bits per heavy atom. The van der Waals surface area contributed by atoms with Crippen molar-refractivity contribution in [2.75, 3.05) is 46.4 Å². The van der Waals surface area contributed by atoms with Crippen molar-refractivity contribution < 1.29 is 19.1 Å². The molecule has 0 bridgehead atoms. The van der Waals surface area contributed by atoms with Crippen LogP contribution in [0.3, 0.4) is 0 Å². The first-order valence-electron chi connectivity index (χ1n) is 25.8. The molecule has 16 heteroatoms. The smallest absolute Gasteiger partial charge is 0.253 e. The van der Waals surface area contributed by atoms with Crippen LogP contribution in [-0.2, 0) is 27.2 Å². The molecule has 9 heterocycles. The van der Waals surface area contributed by atoms with Gasteiger partial charge < -0.3 is 48.6 Å². The molecular formula is C55H60N12O4. The van der Waals surface area contributed by atoms with E-state index in [1.807, 2.05) is 60.6 Å². The Bertz CT molecular complexity index is 3470. The number of pyridine rings is 2. The number of hydrogen-bond acceptors (Lipinski definition) is 10. The fraction of sp³-hybridized carbons (Fsp3) is 0.455. The molecule has 1 spiro atoms. The third kappa shape index (κ3) is 7.30. The lowest BCUT2D eigenvalue weighted by molar-refractivity contribution is 0.0669. The second-order valence-corrected chi connectivity index (χ2v) is 21.6. The molecule has 3 saturated carbocycles. The van der Waals surface area contributed by atoms with Crippen LogP contribution in [0.15, 0.2) is 72.9 Å². The zero-order valence-electron chi connectivity index (χ0n) is 40.7. The van der Waals surface area contributed by atoms with Crippen molar-refractivity contribution in [2.45, 2.75) is 70.1 Å². The molecule has 16 nitrogen and oxygen atoms in total. The van der Waals surface area contributed by atoms with Gasteiger partial charge in [-0.2, -0.15) is 4.98 Å². The molecule has 8 aromatic rings. The number of ether oxygens (including phenoxy) is 2. The predicted octanol–water partition coefficient (Wildman–Crippen LogP) is 6.93. The van der Waals surface area contributed by atoms with Crippen LogP contribution in [0.2, 0.25) is 0 Å². The first-order valence-corrected chi connectivity index (χ1v) is 25.8. The van der Waals surface area contributed by atoms with Crippen LogP contribution in [0, 0.1) is 29.1 Å². The van der Waals surface area contributed by atoms with E-state index >= 15 is 0 Å². The van der Waals surface area contributed by atoms with Gasteiger partial charge in [-0.3, -0.25) is 9.59 Å². The number of imidazole rings is 2. The molecule has 3 aliphatic carbocycles. The number of amides is 2. The van der Waals surface area contributed by atoms with Crippen LogP contribution in [0.1, 0.15) is 65.7 Å². The molecule has 2 aromatic carbocycles. The van der Waals surface area contributed by atoms with Crippen molar-refractivity contribution in [1.82, 2.24) is 59.1 Å². The summed E-state index contributed by atoms with van der Waals surface area (Å²) in [6, 6.07) is 22.6. The highest BCUT2D eigenvalue weighted by Gasteiger charge is 2.61. The molecule has 6 aliphatic rings. The maximum absolute atomic E-state index is 14.2. The van der Waals surface area contributed by atoms with Crippen molar-refractivity contribution in [3.8, 4) is 34.7 Å². The number of rotatable bonds is 13. The lowest BCUT2D eigenvalue weighted by Crippen LogP contribution is -2.48. The number of hydrogen-bond donors (Lipinski definition) is 3. The van der Waals surface area contributed by atoms with Crippen molar-refractivity contribution in [3.05, 3.63) is 84.1 Å². The van der Waals surface area contributed by atoms with Crippen LogP contribution < -0.4 is 25.4 Å². The predicted molar refractivity (Wildman–Crippen MR) is 271 cm³/mol. The molecule has 6 fully saturated rings. The number of nitrogens with one attached hydrogen (secondary N) is 3. The number of benzene rings is 2. The van der Waals surface area contributed by atoms with Gasteiger partial charge in [-0.05, 0) is 130 Å². The van der Waals surface area contributed by atoms with E-state index in [1.165, 1.54) is 32.1 Å². The van der Waals surface area contributed by atoms with Crippen LogP contribution in [0.4, 0.5) is 0 Å². The lowest BCUT2D eigenvalue weighted by atomic mass is 9.92. The molecule has 2 amide bonds. The van der Waals surface area contributed by atoms with Crippen molar-refractivity contribution in [1.29, 1.82) is 0 Å². The van der Waals surface area contributed by atoms with E-state index in [9.17, 15) is 9.59 Å². The molecule has 14 rings (SSSR count). The van der Waals surface area contributed by atoms with Crippen molar-refractivity contribution in [2.24, 2.45) is 43.2 Å². The molecular weight excluding hydrogens is 893 g/mol. The Morgan fingerprint density at radius 2 is 1.58 bits per heavy atom. The number of fused-ring (bicyclic) bond motifs is 5. The van der Waals surface area contributed by atoms with Crippen LogP contribution in [0.25, 0.3) is 67.2 Å². The minimum absolute atomic E-state index is 0.0618. The van der Waals surface area contributed by atoms with E-state index in [0.29, 0.717) is 65.2 Å². The quantitative estimate of drug-likeness (QED) is 0.111. The van der Waals surface area contributed by atoms with Gasteiger partial charge in [0, 0.05) is 111 Å². The van der Waals surface area contributed by atoms with Crippen LogP contribution in [-0.4, -0.2) is 113 Å². The number of likely N-dealkylation sites (tertiary alicyclic amines) is 1. The summed E-state index contributed by atoms with van der Waals surface area (Å²) < 4.78 is 21.3. The number of aromatic nitrogens is 8. The zero-order valence-corrected chi connectivity index (χ0v) is 40.7. The van der Waals surface area contributed by atoms with Gasteiger partial charge >= 0.3 is 0 Å². The Kier molecular flexibility index (Phi) is 9.93. The summed E-state index contributed by atoms with van der Waals surface area (Å²) in [6.45, 7) is 6.39. The number of piperidine rings is 1. The fourth-order valence-corrected chi connectivity index (χ4v) is 12.6. The maximum atomic E-state index is 14.2. The highest BCUT2D eigenvalue weighted by atomic mass is 16.5. The van der Waals surface area contributed by atoms with Gasteiger partial charge in [0.05, 0.1) is 41.7 Å². The van der Waals surface area contributed by atoms with E-state index < -0.39 is 0 Å². The second-order valence-electron chi connectivity index (χ2n) is 21.6. The standard InChI is InChI=1S/C55H60N12O4/c1-63-42-12-10-36(54(69)65-18-15-33-14-17-57-41(33)28-65)19-39(42)59-51(63)43-22-35-11-13-47(62-50(35)67(43)27-32-8-9-32)71-29-38-24-55(38)30-56-25-46(55)61-53(68)37-20-40-48(45(23-37)70-3)64(2)52(60-40)44-21-34-5-4-16-58-49(34)66(44)26-31-6-7-31/h4-5,10-13,16,19-23,31-33,38,41,46,56-57H,6-9,14-15,17-18,24-30H2,1-3H3,(H,61,68)/t33-,38?,41+,46-,55?/m0/s1. The number of carbonyl (C=O) groups excluding carboxylic acids is 2. The molecule has 3 saturated heterocycles. The minimum Gasteiger partial charge on any atom is -0.494 e. The number of carbonyl (C=O) groups is 2. The first-order chi connectivity index (χ1) is 34.7. The van der Waals surface area contributed by atoms with Crippen LogP contribution in [0.5, 0.6) is 11.6 Å². The highest BCUT2D eigenvalue weighted by Crippen LogP contribution is 2.56. The van der Waals surface area contributed by atoms with E-state index in [1.54, 1.807) is 7.11 Å². The highest BCUT2D eigenvalue weighted by molar-refractivity contribution is 6.01. The third-order valence-corrected chi connectivity index (χ3v) is 17.1. The van der Waals surface area contributed by atoms with E-state index in [-0.39, 0.29) is 29.2 Å². The third-order valence-electron chi connectivity index (χ3n) is 17.1. The molecule has 6 aromatic heterocycles. The summed E-state index contributed by atoms with van der Waals surface area (Å²) in [5.74, 6) is 5.00. The topological polar surface area (TPSA) is 163 Å². The summed E-state index contributed by atoms with van der Waals surface area (Å²) in [6.07, 6.45) is 9.92. The van der Waals surface area contributed by atoms with Gasteiger partial charge in [0.2, 0.25) is 5.88 Å². The Labute approximate surface area is 411 Å². The van der Waals surface area contributed by atoms with Crippen molar-refractivity contribution >= 4 is 55.9 Å². The average molecular weight is 953 g/mol. The second kappa shape index (κ2) is 16.4. The molecule has 71 heavy (non-hydrogen) atoms. The lowest BCUT2D eigenvalue weighted by Gasteiger charge is -2.35. The fourth-order valence-electron chi connectivity index (χ4n) is 12.6. The number of nitrogens with zero attached hydrogens (tertiary/aromatic N) is 9. The van der Waals surface area contributed by atoms with Crippen LogP contribution >= 0.6 is 0 Å². The SMILES string of the molecule is COc1cc(C(=O)N[C@H]2CNCC23CC3COc2ccc3cc(-c4nc5cc(C(=O)N6CC[C@@H]7CCN[C@@H]7C6)ccc5n4C)n(CC4CC4)c3n2)cc2nc(-c3cc4cccnc4n3CC3CC3)n(C)c12. The molecule has 3 aliphatic heterocycles. The first kappa shape index (κ1) is 43.0. The largest absolute Gasteiger partial charge is 0.494 e. The van der Waals surface area contributed by atoms with Gasteiger partial charge in [-0.15, -0.1) is 0 Å². The van der Waals surface area contributed by atoms with E-state index in [2.05, 4.69) is 65.5 Å². The Balaban J connectivity index is 0.683. The van der Waals surface area contributed by atoms with E-state index in [4.69, 9.17) is 29.4 Å². The van der Waals surface area contributed by atoms with Gasteiger partial charge in [-0.25, -0.2) is 15.0 Å². The summed E-state index contributed by atoms with van der Waals surface area (Å²) in [5, 5.41) is 12.7. The minimum atomic E-state index is -0.143. The van der Waals surface area contributed by atoms with Gasteiger partial charge in [-0.1, -0.05) is 0 Å². The van der Waals surface area contributed by atoms with Crippen molar-refractivity contribution in [3.63, 3.8) is 0 Å². The van der Waals surface area contributed by atoms with Gasteiger partial charge in [0.25, 0.3) is 11.8 Å². The molecule has 3 N–H and O–H groups in total.